The van der Waals surface area contributed by atoms with Crippen molar-refractivity contribution in [2.45, 2.75) is 0 Å². The number of halogens is 2. The minimum Gasteiger partial charge on any atom is -0.491 e. The van der Waals surface area contributed by atoms with E-state index in [9.17, 15) is 8.78 Å². The summed E-state index contributed by atoms with van der Waals surface area (Å²) in [7, 11) is 2.62. The second-order valence-corrected chi connectivity index (χ2v) is 2.92. The molecular weight excluding hydrogens is 230 g/mol. The number of rotatable bonds is 3. The van der Waals surface area contributed by atoms with Crippen molar-refractivity contribution in [1.82, 2.24) is 0 Å². The summed E-state index contributed by atoms with van der Waals surface area (Å²) in [6.45, 7) is 0. The summed E-state index contributed by atoms with van der Waals surface area (Å²) in [6.07, 6.45) is 2.54. The molecule has 17 heavy (non-hydrogen) atoms. The molecule has 0 spiro atoms. The van der Waals surface area contributed by atoms with Crippen LogP contribution in [0.2, 0.25) is 0 Å². The van der Waals surface area contributed by atoms with E-state index in [2.05, 4.69) is 9.73 Å². The lowest BCUT2D eigenvalue weighted by Gasteiger charge is -2.09. The SMILES string of the molecule is CN=C(C=CN)Oc1ccc(F)c(OC)c1F. The van der Waals surface area contributed by atoms with Crippen molar-refractivity contribution < 1.29 is 18.3 Å². The molecule has 0 bridgehead atoms. The minimum absolute atomic E-state index is 0.0973. The fourth-order valence-electron chi connectivity index (χ4n) is 1.13. The third-order valence-corrected chi connectivity index (χ3v) is 1.89. The molecule has 0 atom stereocenters. The Balaban J connectivity index is 3.08. The summed E-state index contributed by atoms with van der Waals surface area (Å²) >= 11 is 0. The van der Waals surface area contributed by atoms with E-state index in [-0.39, 0.29) is 11.6 Å². The normalized spacial score (nSPS) is 11.9. The minimum atomic E-state index is -0.931. The Morgan fingerprint density at radius 3 is 2.65 bits per heavy atom. The van der Waals surface area contributed by atoms with Gasteiger partial charge in [-0.05, 0) is 18.3 Å². The van der Waals surface area contributed by atoms with Crippen molar-refractivity contribution in [1.29, 1.82) is 0 Å². The third-order valence-electron chi connectivity index (χ3n) is 1.89. The van der Waals surface area contributed by atoms with Crippen molar-refractivity contribution in [2.24, 2.45) is 10.7 Å². The summed E-state index contributed by atoms with van der Waals surface area (Å²) in [4.78, 5) is 3.72. The molecule has 4 nitrogen and oxygen atoms in total. The molecule has 0 saturated heterocycles. The first-order valence-corrected chi connectivity index (χ1v) is 4.69. The van der Waals surface area contributed by atoms with Gasteiger partial charge in [-0.1, -0.05) is 0 Å². The van der Waals surface area contributed by atoms with Gasteiger partial charge in [0.15, 0.2) is 17.3 Å². The smallest absolute Gasteiger partial charge is 0.215 e. The van der Waals surface area contributed by atoms with Crippen LogP contribution in [0, 0.1) is 11.6 Å². The van der Waals surface area contributed by atoms with E-state index in [4.69, 9.17) is 10.5 Å². The van der Waals surface area contributed by atoms with Gasteiger partial charge in [0.1, 0.15) is 0 Å². The van der Waals surface area contributed by atoms with Gasteiger partial charge < -0.3 is 15.2 Å². The number of hydrogen-bond acceptors (Lipinski definition) is 4. The Morgan fingerprint density at radius 2 is 2.12 bits per heavy atom. The van der Waals surface area contributed by atoms with Gasteiger partial charge in [-0.2, -0.15) is 4.39 Å². The number of nitrogens with two attached hydrogens (primary N) is 1. The molecular formula is C11H12F2N2O2. The molecule has 0 heterocycles. The van der Waals surface area contributed by atoms with E-state index in [1.54, 1.807) is 0 Å². The predicted octanol–water partition coefficient (Wildman–Crippen LogP) is 1.85. The van der Waals surface area contributed by atoms with Crippen molar-refractivity contribution >= 4 is 5.90 Å². The monoisotopic (exact) mass is 242 g/mol. The van der Waals surface area contributed by atoms with Crippen LogP contribution in [0.3, 0.4) is 0 Å². The average molecular weight is 242 g/mol. The molecule has 0 radical (unpaired) electrons. The van der Waals surface area contributed by atoms with Gasteiger partial charge in [0.2, 0.25) is 11.7 Å². The summed E-state index contributed by atoms with van der Waals surface area (Å²) in [6, 6.07) is 2.18. The number of aliphatic imine (C=N–C) groups is 1. The molecule has 0 saturated carbocycles. The summed E-state index contributed by atoms with van der Waals surface area (Å²) in [5.74, 6) is -2.34. The molecule has 0 aliphatic heterocycles. The molecule has 0 amide bonds. The van der Waals surface area contributed by atoms with Crippen LogP contribution < -0.4 is 15.2 Å². The van der Waals surface area contributed by atoms with E-state index < -0.39 is 17.4 Å². The number of nitrogens with zero attached hydrogens (tertiary/aromatic N) is 1. The standard InChI is InChI=1S/C11H12F2N2O2/c1-15-9(5-6-14)17-8-4-3-7(12)11(16-2)10(8)13/h3-6H,14H2,1-2H3. The van der Waals surface area contributed by atoms with E-state index in [0.717, 1.165) is 12.1 Å². The highest BCUT2D eigenvalue weighted by atomic mass is 19.1. The molecule has 0 aromatic heterocycles. The molecule has 6 heteroatoms. The highest BCUT2D eigenvalue weighted by molar-refractivity contribution is 5.89. The van der Waals surface area contributed by atoms with Crippen LogP contribution in [0.5, 0.6) is 11.5 Å². The van der Waals surface area contributed by atoms with E-state index in [1.807, 2.05) is 0 Å². The van der Waals surface area contributed by atoms with Gasteiger partial charge in [0.05, 0.1) is 7.11 Å². The van der Waals surface area contributed by atoms with Gasteiger partial charge in [-0.15, -0.1) is 0 Å². The van der Waals surface area contributed by atoms with E-state index in [0.29, 0.717) is 0 Å². The molecule has 1 aromatic rings. The second-order valence-electron chi connectivity index (χ2n) is 2.92. The van der Waals surface area contributed by atoms with Crippen LogP contribution in [0.15, 0.2) is 29.4 Å². The largest absolute Gasteiger partial charge is 0.491 e. The second kappa shape index (κ2) is 5.83. The van der Waals surface area contributed by atoms with Crippen LogP contribution >= 0.6 is 0 Å². The van der Waals surface area contributed by atoms with E-state index in [1.165, 1.54) is 26.4 Å². The van der Waals surface area contributed by atoms with Crippen LogP contribution in [0.1, 0.15) is 0 Å². The number of hydrogen-bond donors (Lipinski definition) is 1. The number of methoxy groups -OCH3 is 1. The van der Waals surface area contributed by atoms with Gasteiger partial charge in [-0.3, -0.25) is 4.99 Å². The molecule has 0 aliphatic rings. The third kappa shape index (κ3) is 2.93. The lowest BCUT2D eigenvalue weighted by molar-refractivity contribution is 0.350. The van der Waals surface area contributed by atoms with Gasteiger partial charge in [0, 0.05) is 13.1 Å². The first-order valence-electron chi connectivity index (χ1n) is 4.69. The Hall–Kier alpha value is -2.11. The maximum atomic E-state index is 13.7. The molecule has 92 valence electrons. The zero-order valence-electron chi connectivity index (χ0n) is 9.41. The predicted molar refractivity (Wildman–Crippen MR) is 60.2 cm³/mol. The molecule has 2 N–H and O–H groups in total. The van der Waals surface area contributed by atoms with Crippen LogP contribution in [-0.2, 0) is 0 Å². The molecule has 1 rings (SSSR count). The lowest BCUT2D eigenvalue weighted by atomic mass is 10.3. The first kappa shape index (κ1) is 13.0. The van der Waals surface area contributed by atoms with Gasteiger partial charge in [-0.25, -0.2) is 4.39 Å². The maximum Gasteiger partial charge on any atom is 0.215 e. The van der Waals surface area contributed by atoms with Gasteiger partial charge >= 0.3 is 0 Å². The van der Waals surface area contributed by atoms with Crippen molar-refractivity contribution in [3.63, 3.8) is 0 Å². The molecule has 0 fully saturated rings. The molecule has 1 aromatic carbocycles. The highest BCUT2D eigenvalue weighted by Crippen LogP contribution is 2.29. The topological polar surface area (TPSA) is 56.8 Å². The molecule has 0 aliphatic carbocycles. The Morgan fingerprint density at radius 1 is 1.41 bits per heavy atom. The summed E-state index contributed by atoms with van der Waals surface area (Å²) in [5, 5.41) is 0. The van der Waals surface area contributed by atoms with Crippen LogP contribution in [0.4, 0.5) is 8.78 Å². The number of benzene rings is 1. The van der Waals surface area contributed by atoms with Crippen LogP contribution in [0.25, 0.3) is 0 Å². The summed E-state index contributed by atoms with van der Waals surface area (Å²) in [5.41, 5.74) is 5.16. The van der Waals surface area contributed by atoms with Crippen molar-refractivity contribution in [3.8, 4) is 11.5 Å². The fraction of sp³-hybridized carbons (Fsp3) is 0.182. The zero-order chi connectivity index (χ0) is 12.8. The van der Waals surface area contributed by atoms with Crippen LogP contribution in [-0.4, -0.2) is 20.1 Å². The van der Waals surface area contributed by atoms with Crippen molar-refractivity contribution in [2.75, 3.05) is 14.2 Å². The van der Waals surface area contributed by atoms with E-state index >= 15 is 0 Å². The Bertz CT molecular complexity index is 459. The quantitative estimate of drug-likeness (QED) is 0.650. The Labute approximate surface area is 97.4 Å². The lowest BCUT2D eigenvalue weighted by Crippen LogP contribution is -2.08. The zero-order valence-corrected chi connectivity index (χ0v) is 9.41. The maximum absolute atomic E-state index is 13.7. The first-order chi connectivity index (χ1) is 8.13. The van der Waals surface area contributed by atoms with Crippen molar-refractivity contribution in [3.05, 3.63) is 36.0 Å². The number of ether oxygens (including phenoxy) is 2. The Kier molecular flexibility index (Phi) is 4.45. The average Bonchev–Trinajstić information content (AvgIpc) is 2.32. The fourth-order valence-corrected chi connectivity index (χ4v) is 1.13. The molecule has 0 unspecified atom stereocenters. The van der Waals surface area contributed by atoms with Gasteiger partial charge in [0.25, 0.3) is 0 Å². The summed E-state index contributed by atoms with van der Waals surface area (Å²) < 4.78 is 36.5. The highest BCUT2D eigenvalue weighted by Gasteiger charge is 2.16.